The van der Waals surface area contributed by atoms with E-state index in [-0.39, 0.29) is 11.9 Å². The summed E-state index contributed by atoms with van der Waals surface area (Å²) in [6, 6.07) is 7.78. The second-order valence-electron chi connectivity index (χ2n) is 4.43. The summed E-state index contributed by atoms with van der Waals surface area (Å²) in [5.41, 5.74) is 7.54. The van der Waals surface area contributed by atoms with Crippen molar-refractivity contribution in [1.82, 2.24) is 4.57 Å². The summed E-state index contributed by atoms with van der Waals surface area (Å²) in [7, 11) is 2.00. The van der Waals surface area contributed by atoms with E-state index >= 15 is 0 Å². The van der Waals surface area contributed by atoms with Crippen LogP contribution in [-0.2, 0) is 11.8 Å². The number of nitrogens with one attached hydrogen (secondary N) is 1. The van der Waals surface area contributed by atoms with Crippen molar-refractivity contribution < 1.29 is 4.79 Å². The third-order valence-corrected chi connectivity index (χ3v) is 2.68. The van der Waals surface area contributed by atoms with E-state index < -0.39 is 0 Å². The Morgan fingerprint density at radius 1 is 1.47 bits per heavy atom. The highest BCUT2D eigenvalue weighted by Gasteiger charge is 2.06. The number of amides is 1. The first-order chi connectivity index (χ1) is 8.06. The first-order valence-corrected chi connectivity index (χ1v) is 5.67. The van der Waals surface area contributed by atoms with E-state index in [9.17, 15) is 4.79 Å². The summed E-state index contributed by atoms with van der Waals surface area (Å²) in [6.07, 6.45) is 2.34. The normalized spacial score (nSPS) is 12.6. The summed E-state index contributed by atoms with van der Waals surface area (Å²) in [5.74, 6) is -0.0460. The molecule has 0 spiro atoms. The van der Waals surface area contributed by atoms with E-state index in [1.165, 1.54) is 0 Å². The topological polar surface area (TPSA) is 60.1 Å². The predicted molar refractivity (Wildman–Crippen MR) is 69.8 cm³/mol. The van der Waals surface area contributed by atoms with Gasteiger partial charge in [-0.1, -0.05) is 0 Å². The van der Waals surface area contributed by atoms with Gasteiger partial charge in [0.25, 0.3) is 0 Å². The monoisotopic (exact) mass is 231 g/mol. The number of aromatic nitrogens is 1. The van der Waals surface area contributed by atoms with E-state index in [4.69, 9.17) is 5.73 Å². The van der Waals surface area contributed by atoms with E-state index in [0.717, 1.165) is 16.6 Å². The minimum Gasteiger partial charge on any atom is -0.351 e. The highest BCUT2D eigenvalue weighted by Crippen LogP contribution is 2.19. The molecule has 0 aliphatic rings. The summed E-state index contributed by atoms with van der Waals surface area (Å²) in [5, 5.41) is 3.96. The quantitative estimate of drug-likeness (QED) is 0.847. The highest BCUT2D eigenvalue weighted by molar-refractivity contribution is 5.94. The SMILES string of the molecule is CC(N)CC(=O)Nc1ccc2c(ccn2C)c1. The van der Waals surface area contributed by atoms with E-state index in [1.54, 1.807) is 0 Å². The van der Waals surface area contributed by atoms with E-state index in [0.29, 0.717) is 6.42 Å². The number of carbonyl (C=O) groups is 1. The van der Waals surface area contributed by atoms with Crippen LogP contribution < -0.4 is 11.1 Å². The average molecular weight is 231 g/mol. The number of carbonyl (C=O) groups excluding carboxylic acids is 1. The summed E-state index contributed by atoms with van der Waals surface area (Å²) >= 11 is 0. The van der Waals surface area contributed by atoms with Gasteiger partial charge in [0, 0.05) is 42.3 Å². The van der Waals surface area contributed by atoms with Crippen molar-refractivity contribution in [2.24, 2.45) is 12.8 Å². The van der Waals surface area contributed by atoms with Gasteiger partial charge in [0.15, 0.2) is 0 Å². The molecule has 1 heterocycles. The number of aryl methyl sites for hydroxylation is 1. The smallest absolute Gasteiger partial charge is 0.225 e. The molecule has 0 bridgehead atoms. The van der Waals surface area contributed by atoms with Crippen molar-refractivity contribution >= 4 is 22.5 Å². The standard InChI is InChI=1S/C13H17N3O/c1-9(14)7-13(17)15-11-3-4-12-10(8-11)5-6-16(12)2/h3-6,8-9H,7,14H2,1-2H3,(H,15,17). The number of nitrogens with zero attached hydrogens (tertiary/aromatic N) is 1. The lowest BCUT2D eigenvalue weighted by atomic mass is 10.2. The average Bonchev–Trinajstić information content (AvgIpc) is 2.58. The van der Waals surface area contributed by atoms with Crippen LogP contribution >= 0.6 is 0 Å². The van der Waals surface area contributed by atoms with Crippen LogP contribution in [0.25, 0.3) is 10.9 Å². The second-order valence-corrected chi connectivity index (χ2v) is 4.43. The number of hydrogen-bond donors (Lipinski definition) is 2. The summed E-state index contributed by atoms with van der Waals surface area (Å²) in [6.45, 7) is 1.82. The Hall–Kier alpha value is -1.81. The minimum absolute atomic E-state index is 0.0460. The largest absolute Gasteiger partial charge is 0.351 e. The molecular formula is C13H17N3O. The van der Waals surface area contributed by atoms with Gasteiger partial charge in [0.2, 0.25) is 5.91 Å². The highest BCUT2D eigenvalue weighted by atomic mass is 16.1. The van der Waals surface area contributed by atoms with Gasteiger partial charge in [0.1, 0.15) is 0 Å². The van der Waals surface area contributed by atoms with E-state index in [1.807, 2.05) is 49.0 Å². The molecule has 0 saturated heterocycles. The van der Waals surface area contributed by atoms with Crippen molar-refractivity contribution in [3.8, 4) is 0 Å². The van der Waals surface area contributed by atoms with Crippen molar-refractivity contribution in [3.63, 3.8) is 0 Å². The zero-order valence-electron chi connectivity index (χ0n) is 10.1. The maximum Gasteiger partial charge on any atom is 0.225 e. The molecule has 0 fully saturated rings. The van der Waals surface area contributed by atoms with E-state index in [2.05, 4.69) is 5.32 Å². The van der Waals surface area contributed by atoms with Gasteiger partial charge in [-0.15, -0.1) is 0 Å². The van der Waals surface area contributed by atoms with Crippen LogP contribution in [0, 0.1) is 0 Å². The van der Waals surface area contributed by atoms with Crippen molar-refractivity contribution in [2.75, 3.05) is 5.32 Å². The number of hydrogen-bond acceptors (Lipinski definition) is 2. The molecule has 1 amide bonds. The lowest BCUT2D eigenvalue weighted by molar-refractivity contribution is -0.116. The molecule has 4 nitrogen and oxygen atoms in total. The van der Waals surface area contributed by atoms with Crippen molar-refractivity contribution in [3.05, 3.63) is 30.5 Å². The van der Waals surface area contributed by atoms with Crippen LogP contribution in [0.4, 0.5) is 5.69 Å². The number of anilines is 1. The number of nitrogens with two attached hydrogens (primary N) is 1. The van der Waals surface area contributed by atoms with Gasteiger partial charge in [-0.3, -0.25) is 4.79 Å². The Bertz CT molecular complexity index is 543. The van der Waals surface area contributed by atoms with Crippen LogP contribution in [0.1, 0.15) is 13.3 Å². The molecule has 0 radical (unpaired) electrons. The Morgan fingerprint density at radius 2 is 2.24 bits per heavy atom. The lowest BCUT2D eigenvalue weighted by Crippen LogP contribution is -2.23. The third kappa shape index (κ3) is 2.65. The Kier molecular flexibility index (Phi) is 3.15. The van der Waals surface area contributed by atoms with Gasteiger partial charge in [0.05, 0.1) is 0 Å². The molecule has 0 aliphatic heterocycles. The molecule has 1 aromatic carbocycles. The van der Waals surface area contributed by atoms with Crippen LogP contribution in [0.15, 0.2) is 30.5 Å². The molecule has 4 heteroatoms. The fourth-order valence-corrected chi connectivity index (χ4v) is 1.86. The zero-order chi connectivity index (χ0) is 12.4. The number of rotatable bonds is 3. The van der Waals surface area contributed by atoms with Gasteiger partial charge in [-0.05, 0) is 31.2 Å². The van der Waals surface area contributed by atoms with Gasteiger partial charge < -0.3 is 15.6 Å². The number of fused-ring (bicyclic) bond motifs is 1. The molecule has 0 aliphatic carbocycles. The van der Waals surface area contributed by atoms with Gasteiger partial charge in [-0.2, -0.15) is 0 Å². The zero-order valence-corrected chi connectivity index (χ0v) is 10.1. The van der Waals surface area contributed by atoms with Gasteiger partial charge in [-0.25, -0.2) is 0 Å². The Morgan fingerprint density at radius 3 is 2.94 bits per heavy atom. The molecule has 1 unspecified atom stereocenters. The molecule has 1 atom stereocenters. The fraction of sp³-hybridized carbons (Fsp3) is 0.308. The molecule has 0 saturated carbocycles. The molecule has 2 aromatic rings. The van der Waals surface area contributed by atoms with Crippen LogP contribution in [0.2, 0.25) is 0 Å². The molecule has 17 heavy (non-hydrogen) atoms. The minimum atomic E-state index is -0.115. The molecular weight excluding hydrogens is 214 g/mol. The maximum atomic E-state index is 11.6. The molecule has 90 valence electrons. The van der Waals surface area contributed by atoms with Crippen LogP contribution in [0.5, 0.6) is 0 Å². The second kappa shape index (κ2) is 4.59. The lowest BCUT2D eigenvalue weighted by Gasteiger charge is -2.07. The van der Waals surface area contributed by atoms with Crippen molar-refractivity contribution in [1.29, 1.82) is 0 Å². The number of benzene rings is 1. The first-order valence-electron chi connectivity index (χ1n) is 5.67. The Labute approximate surface area is 100 Å². The summed E-state index contributed by atoms with van der Waals surface area (Å²) < 4.78 is 2.04. The van der Waals surface area contributed by atoms with Gasteiger partial charge >= 0.3 is 0 Å². The fourth-order valence-electron chi connectivity index (χ4n) is 1.86. The first kappa shape index (κ1) is 11.7. The molecule has 2 rings (SSSR count). The third-order valence-electron chi connectivity index (χ3n) is 2.68. The molecule has 3 N–H and O–H groups in total. The predicted octanol–water partition coefficient (Wildman–Crippen LogP) is 1.85. The maximum absolute atomic E-state index is 11.6. The van der Waals surface area contributed by atoms with Crippen LogP contribution in [0.3, 0.4) is 0 Å². The van der Waals surface area contributed by atoms with Crippen LogP contribution in [-0.4, -0.2) is 16.5 Å². The summed E-state index contributed by atoms with van der Waals surface area (Å²) in [4.78, 5) is 11.6. The molecule has 1 aromatic heterocycles. The van der Waals surface area contributed by atoms with Crippen molar-refractivity contribution in [2.45, 2.75) is 19.4 Å². The Balaban J connectivity index is 2.17.